The molecule has 0 atom stereocenters. The summed E-state index contributed by atoms with van der Waals surface area (Å²) in [5.74, 6) is 0. The molecule has 1 aliphatic heterocycles. The van der Waals surface area contributed by atoms with Crippen LogP contribution in [0.4, 0.5) is 5.69 Å². The number of anilines is 1. The van der Waals surface area contributed by atoms with E-state index in [1.807, 2.05) is 34.1 Å². The molecule has 0 aliphatic carbocycles. The van der Waals surface area contributed by atoms with Crippen LogP contribution in [0.25, 0.3) is 16.8 Å². The predicted octanol–water partition coefficient (Wildman–Crippen LogP) is 3.54. The number of hydrazone groups is 1. The fraction of sp³-hybridized carbons (Fsp3) is 0.111. The van der Waals surface area contributed by atoms with Crippen molar-refractivity contribution in [3.8, 4) is 16.8 Å². The average Bonchev–Trinajstić information content (AvgIpc) is 3.28. The molecular weight excluding hydrogens is 272 g/mol. The van der Waals surface area contributed by atoms with Gasteiger partial charge < -0.3 is 4.57 Å². The van der Waals surface area contributed by atoms with Crippen LogP contribution >= 0.6 is 0 Å². The van der Waals surface area contributed by atoms with Crippen LogP contribution in [-0.4, -0.2) is 22.3 Å². The zero-order valence-electron chi connectivity index (χ0n) is 12.1. The number of imidazole rings is 1. The fourth-order valence-electron chi connectivity index (χ4n) is 2.70. The van der Waals surface area contributed by atoms with E-state index in [2.05, 4.69) is 46.5 Å². The summed E-state index contributed by atoms with van der Waals surface area (Å²) in [5, 5.41) is 6.44. The topological polar surface area (TPSA) is 33.4 Å². The Kier molecular flexibility index (Phi) is 3.20. The Balaban J connectivity index is 1.79. The molecule has 1 radical (unpaired) electrons. The minimum atomic E-state index is 0.945. The van der Waals surface area contributed by atoms with Gasteiger partial charge in [-0.15, -0.1) is 0 Å². The molecule has 107 valence electrons. The molecule has 2 aromatic carbocycles. The lowest BCUT2D eigenvalue weighted by molar-refractivity contribution is 0.922. The van der Waals surface area contributed by atoms with E-state index in [0.29, 0.717) is 0 Å². The smallest absolute Gasteiger partial charge is 0.0991 e. The van der Waals surface area contributed by atoms with Gasteiger partial charge in [-0.2, -0.15) is 5.10 Å². The standard InChI is InChI=1S/C18H15N4/c1-2-8-18(21-12-10-19-14-21)17(7-1)15-5-3-6-16(13-15)22-11-4-9-20-22/h1,3,5-10,12-14H,4,11H2. The van der Waals surface area contributed by atoms with Crippen LogP contribution < -0.4 is 5.01 Å². The maximum atomic E-state index is 4.40. The normalized spacial score (nSPS) is 13.7. The monoisotopic (exact) mass is 287 g/mol. The van der Waals surface area contributed by atoms with Gasteiger partial charge in [-0.05, 0) is 29.8 Å². The molecule has 0 unspecified atom stereocenters. The Morgan fingerprint density at radius 3 is 3.00 bits per heavy atom. The van der Waals surface area contributed by atoms with Crippen molar-refractivity contribution in [3.05, 3.63) is 67.3 Å². The van der Waals surface area contributed by atoms with Gasteiger partial charge in [0.1, 0.15) is 0 Å². The number of hydrogen-bond acceptors (Lipinski definition) is 3. The molecule has 2 heterocycles. The summed E-state index contributed by atoms with van der Waals surface area (Å²) in [6, 6.07) is 17.6. The summed E-state index contributed by atoms with van der Waals surface area (Å²) in [6.07, 6.45) is 8.50. The lowest BCUT2D eigenvalue weighted by Gasteiger charge is -2.16. The zero-order valence-corrected chi connectivity index (χ0v) is 12.1. The van der Waals surface area contributed by atoms with Crippen molar-refractivity contribution in [1.29, 1.82) is 0 Å². The summed E-state index contributed by atoms with van der Waals surface area (Å²) in [6.45, 7) is 0.945. The van der Waals surface area contributed by atoms with Crippen molar-refractivity contribution in [3.63, 3.8) is 0 Å². The van der Waals surface area contributed by atoms with Crippen molar-refractivity contribution in [2.75, 3.05) is 11.6 Å². The third kappa shape index (κ3) is 2.29. The van der Waals surface area contributed by atoms with Crippen LogP contribution in [0.5, 0.6) is 0 Å². The highest BCUT2D eigenvalue weighted by Gasteiger charge is 2.11. The molecule has 3 aromatic rings. The highest BCUT2D eigenvalue weighted by molar-refractivity contribution is 5.76. The molecule has 22 heavy (non-hydrogen) atoms. The van der Waals surface area contributed by atoms with E-state index in [0.717, 1.165) is 35.5 Å². The molecule has 4 nitrogen and oxygen atoms in total. The lowest BCUT2D eigenvalue weighted by atomic mass is 10.0. The van der Waals surface area contributed by atoms with Crippen LogP contribution in [0.3, 0.4) is 0 Å². The van der Waals surface area contributed by atoms with E-state index < -0.39 is 0 Å². The Morgan fingerprint density at radius 2 is 2.18 bits per heavy atom. The molecule has 0 saturated heterocycles. The first-order chi connectivity index (χ1) is 10.9. The summed E-state index contributed by atoms with van der Waals surface area (Å²) in [7, 11) is 0. The minimum absolute atomic E-state index is 0.945. The van der Waals surface area contributed by atoms with Crippen LogP contribution in [0.2, 0.25) is 0 Å². The minimum Gasteiger partial charge on any atom is -0.306 e. The molecule has 0 N–H and O–H groups in total. The Labute approximate surface area is 129 Å². The zero-order chi connectivity index (χ0) is 14.8. The molecule has 4 rings (SSSR count). The second-order valence-electron chi connectivity index (χ2n) is 5.17. The molecular formula is C18H15N4. The highest BCUT2D eigenvalue weighted by atomic mass is 15.5. The van der Waals surface area contributed by atoms with E-state index >= 15 is 0 Å². The average molecular weight is 287 g/mol. The number of hydrogen-bond donors (Lipinski definition) is 0. The maximum Gasteiger partial charge on any atom is 0.0991 e. The van der Waals surface area contributed by atoms with Gasteiger partial charge in [0.05, 0.1) is 17.7 Å². The second-order valence-corrected chi connectivity index (χ2v) is 5.17. The molecule has 1 aliphatic rings. The molecule has 1 aromatic heterocycles. The number of benzene rings is 2. The Bertz CT molecular complexity index is 805. The molecule has 4 heteroatoms. The molecule has 0 spiro atoms. The maximum absolute atomic E-state index is 4.40. The van der Waals surface area contributed by atoms with Gasteiger partial charge in [0.25, 0.3) is 0 Å². The van der Waals surface area contributed by atoms with E-state index in [1.54, 1.807) is 12.5 Å². The third-order valence-corrected chi connectivity index (χ3v) is 3.77. The van der Waals surface area contributed by atoms with Gasteiger partial charge in [-0.25, -0.2) is 4.98 Å². The van der Waals surface area contributed by atoms with Gasteiger partial charge in [0.15, 0.2) is 0 Å². The van der Waals surface area contributed by atoms with Crippen LogP contribution in [0.1, 0.15) is 6.42 Å². The van der Waals surface area contributed by atoms with Crippen molar-refractivity contribution in [2.45, 2.75) is 6.42 Å². The lowest BCUT2D eigenvalue weighted by Crippen LogP contribution is -2.11. The van der Waals surface area contributed by atoms with E-state index in [-0.39, 0.29) is 0 Å². The first kappa shape index (κ1) is 12.8. The van der Waals surface area contributed by atoms with E-state index in [1.165, 1.54) is 0 Å². The second kappa shape index (κ2) is 5.48. The fourth-order valence-corrected chi connectivity index (χ4v) is 2.70. The van der Waals surface area contributed by atoms with Crippen molar-refractivity contribution in [2.24, 2.45) is 5.10 Å². The SMILES string of the molecule is [c]1ccc(-c2cccc(N3CCC=N3)c2)c(-n2ccnc2)c1. The molecule has 0 amide bonds. The van der Waals surface area contributed by atoms with Crippen molar-refractivity contribution in [1.82, 2.24) is 9.55 Å². The number of rotatable bonds is 3. The first-order valence-corrected chi connectivity index (χ1v) is 7.31. The Morgan fingerprint density at radius 1 is 1.18 bits per heavy atom. The largest absolute Gasteiger partial charge is 0.306 e. The van der Waals surface area contributed by atoms with Gasteiger partial charge in [0, 0.05) is 37.1 Å². The van der Waals surface area contributed by atoms with Gasteiger partial charge >= 0.3 is 0 Å². The summed E-state index contributed by atoms with van der Waals surface area (Å²) < 4.78 is 2.01. The summed E-state index contributed by atoms with van der Waals surface area (Å²) in [4.78, 5) is 4.14. The number of aromatic nitrogens is 2. The van der Waals surface area contributed by atoms with Crippen LogP contribution in [0, 0.1) is 6.07 Å². The summed E-state index contributed by atoms with van der Waals surface area (Å²) >= 11 is 0. The van der Waals surface area contributed by atoms with Gasteiger partial charge in [0.2, 0.25) is 0 Å². The van der Waals surface area contributed by atoms with Crippen LogP contribution in [-0.2, 0) is 0 Å². The highest BCUT2D eigenvalue weighted by Crippen LogP contribution is 2.30. The van der Waals surface area contributed by atoms with E-state index in [4.69, 9.17) is 0 Å². The van der Waals surface area contributed by atoms with Gasteiger partial charge in [-0.3, -0.25) is 5.01 Å². The predicted molar refractivity (Wildman–Crippen MR) is 88.3 cm³/mol. The molecule has 0 bridgehead atoms. The quantitative estimate of drug-likeness (QED) is 0.738. The van der Waals surface area contributed by atoms with Crippen molar-refractivity contribution < 1.29 is 0 Å². The van der Waals surface area contributed by atoms with Crippen molar-refractivity contribution >= 4 is 11.9 Å². The van der Waals surface area contributed by atoms with Gasteiger partial charge in [-0.1, -0.05) is 24.3 Å². The summed E-state index contributed by atoms with van der Waals surface area (Å²) in [5.41, 5.74) is 4.51. The Hall–Kier alpha value is -2.88. The molecule has 0 fully saturated rings. The third-order valence-electron chi connectivity index (χ3n) is 3.77. The number of nitrogens with zero attached hydrogens (tertiary/aromatic N) is 4. The molecule has 0 saturated carbocycles. The first-order valence-electron chi connectivity index (χ1n) is 7.31. The van der Waals surface area contributed by atoms with E-state index in [9.17, 15) is 0 Å². The van der Waals surface area contributed by atoms with Crippen LogP contribution in [0.15, 0.2) is 66.3 Å².